The molecule has 12 heavy (non-hydrogen) atoms. The number of thiol groups is 1. The van der Waals surface area contributed by atoms with E-state index in [2.05, 4.69) is 33.4 Å². The first kappa shape index (κ1) is 12.3. The summed E-state index contributed by atoms with van der Waals surface area (Å²) in [6.07, 6.45) is 8.08. The zero-order valence-corrected chi connectivity index (χ0v) is 9.74. The molecule has 0 aromatic heterocycles. The minimum absolute atomic E-state index is 0.643. The van der Waals surface area contributed by atoms with Gasteiger partial charge in [-0.1, -0.05) is 46.5 Å². The van der Waals surface area contributed by atoms with E-state index in [1.54, 1.807) is 0 Å². The fourth-order valence-corrected chi connectivity index (χ4v) is 1.50. The van der Waals surface area contributed by atoms with Crippen LogP contribution < -0.4 is 0 Å². The Labute approximate surface area is 83.5 Å². The molecule has 0 bridgehead atoms. The lowest BCUT2D eigenvalue weighted by molar-refractivity contribution is 0.516. The van der Waals surface area contributed by atoms with Crippen molar-refractivity contribution in [3.63, 3.8) is 0 Å². The van der Waals surface area contributed by atoms with Crippen LogP contribution in [-0.2, 0) is 0 Å². The monoisotopic (exact) mass is 188 g/mol. The van der Waals surface area contributed by atoms with Crippen molar-refractivity contribution in [1.82, 2.24) is 0 Å². The minimum atomic E-state index is 0.643. The van der Waals surface area contributed by atoms with Crippen molar-refractivity contribution in [2.75, 3.05) is 0 Å². The fraction of sp³-hybridized carbons (Fsp3) is 1.00. The molecule has 1 unspecified atom stereocenters. The lowest BCUT2D eigenvalue weighted by Crippen LogP contribution is -1.95. The van der Waals surface area contributed by atoms with Gasteiger partial charge in [-0.2, -0.15) is 12.6 Å². The average molecular weight is 188 g/mol. The van der Waals surface area contributed by atoms with Gasteiger partial charge in [0.15, 0.2) is 0 Å². The molecule has 0 saturated heterocycles. The molecular formula is C11H24S. The van der Waals surface area contributed by atoms with Crippen LogP contribution in [0, 0.1) is 5.92 Å². The molecule has 0 aliphatic carbocycles. The number of unbranched alkanes of at least 4 members (excludes halogenated alkanes) is 2. The summed E-state index contributed by atoms with van der Waals surface area (Å²) in [5.74, 6) is 0.878. The summed E-state index contributed by atoms with van der Waals surface area (Å²) in [7, 11) is 0. The van der Waals surface area contributed by atoms with Gasteiger partial charge in [0.1, 0.15) is 0 Å². The Hall–Kier alpha value is 0.350. The van der Waals surface area contributed by atoms with Gasteiger partial charge in [-0.25, -0.2) is 0 Å². The van der Waals surface area contributed by atoms with Crippen LogP contribution in [0.1, 0.15) is 59.3 Å². The van der Waals surface area contributed by atoms with E-state index in [4.69, 9.17) is 0 Å². The molecule has 0 aromatic carbocycles. The number of hydrogen-bond acceptors (Lipinski definition) is 1. The summed E-state index contributed by atoms with van der Waals surface area (Å²) in [6.45, 7) is 6.81. The molecule has 1 heteroatoms. The van der Waals surface area contributed by atoms with E-state index in [0.29, 0.717) is 5.25 Å². The van der Waals surface area contributed by atoms with E-state index < -0.39 is 0 Å². The third kappa shape index (κ3) is 8.45. The van der Waals surface area contributed by atoms with Gasteiger partial charge < -0.3 is 0 Å². The van der Waals surface area contributed by atoms with Crippen LogP contribution in [0.25, 0.3) is 0 Å². The van der Waals surface area contributed by atoms with Crippen molar-refractivity contribution in [2.24, 2.45) is 5.92 Å². The second-order valence-corrected chi connectivity index (χ2v) is 4.82. The lowest BCUT2D eigenvalue weighted by Gasteiger charge is -2.07. The summed E-state index contributed by atoms with van der Waals surface area (Å²) >= 11 is 4.47. The zero-order valence-electron chi connectivity index (χ0n) is 8.84. The highest BCUT2D eigenvalue weighted by Gasteiger charge is 1.99. The Kier molecular flexibility index (Phi) is 8.20. The van der Waals surface area contributed by atoms with Gasteiger partial charge in [0.05, 0.1) is 0 Å². The first-order valence-corrected chi connectivity index (χ1v) is 5.86. The molecule has 74 valence electrons. The highest BCUT2D eigenvalue weighted by Crippen LogP contribution is 2.14. The second-order valence-electron chi connectivity index (χ2n) is 4.09. The van der Waals surface area contributed by atoms with E-state index in [9.17, 15) is 0 Å². The topological polar surface area (TPSA) is 0 Å². The summed E-state index contributed by atoms with van der Waals surface area (Å²) in [5.41, 5.74) is 0. The van der Waals surface area contributed by atoms with Crippen LogP contribution in [0.5, 0.6) is 0 Å². The normalized spacial score (nSPS) is 13.8. The summed E-state index contributed by atoms with van der Waals surface area (Å²) in [6, 6.07) is 0. The predicted octanol–water partition coefficient (Wildman–Crippen LogP) is 4.30. The second kappa shape index (κ2) is 7.97. The van der Waals surface area contributed by atoms with E-state index >= 15 is 0 Å². The molecule has 0 heterocycles. The van der Waals surface area contributed by atoms with Gasteiger partial charge >= 0.3 is 0 Å². The maximum atomic E-state index is 4.47. The van der Waals surface area contributed by atoms with Crippen LogP contribution >= 0.6 is 12.6 Å². The van der Waals surface area contributed by atoms with Crippen molar-refractivity contribution >= 4 is 12.6 Å². The molecule has 0 aromatic rings. The largest absolute Gasteiger partial charge is 0.176 e. The molecule has 0 radical (unpaired) electrons. The van der Waals surface area contributed by atoms with E-state index in [1.165, 1.54) is 38.5 Å². The summed E-state index contributed by atoms with van der Waals surface area (Å²) in [4.78, 5) is 0. The van der Waals surface area contributed by atoms with Gasteiger partial charge in [-0.15, -0.1) is 0 Å². The quantitative estimate of drug-likeness (QED) is 0.447. The molecule has 0 N–H and O–H groups in total. The maximum absolute atomic E-state index is 4.47. The van der Waals surface area contributed by atoms with Gasteiger partial charge in [-0.3, -0.25) is 0 Å². The minimum Gasteiger partial charge on any atom is -0.176 e. The highest BCUT2D eigenvalue weighted by atomic mass is 32.1. The molecule has 0 saturated carbocycles. The Morgan fingerprint density at radius 3 is 2.08 bits per heavy atom. The van der Waals surface area contributed by atoms with Gasteiger partial charge in [0.25, 0.3) is 0 Å². The Morgan fingerprint density at radius 2 is 1.58 bits per heavy atom. The molecule has 0 fully saturated rings. The SMILES string of the molecule is CCC(S)CCCCCC(C)C. The first-order chi connectivity index (χ1) is 5.66. The third-order valence-corrected chi connectivity index (χ3v) is 2.91. The van der Waals surface area contributed by atoms with Crippen LogP contribution in [0.2, 0.25) is 0 Å². The number of rotatable bonds is 7. The lowest BCUT2D eigenvalue weighted by atomic mass is 10.0. The molecule has 0 aliphatic heterocycles. The molecular weight excluding hydrogens is 164 g/mol. The van der Waals surface area contributed by atoms with Crippen LogP contribution in [0.4, 0.5) is 0 Å². The van der Waals surface area contributed by atoms with E-state index in [-0.39, 0.29) is 0 Å². The molecule has 0 rings (SSSR count). The van der Waals surface area contributed by atoms with E-state index in [1.807, 2.05) is 0 Å². The Bertz CT molecular complexity index is 89.0. The molecule has 1 atom stereocenters. The molecule has 0 nitrogen and oxygen atoms in total. The average Bonchev–Trinajstić information content (AvgIpc) is 2.03. The van der Waals surface area contributed by atoms with Crippen molar-refractivity contribution in [1.29, 1.82) is 0 Å². The summed E-state index contributed by atoms with van der Waals surface area (Å²) in [5, 5.41) is 0.643. The zero-order chi connectivity index (χ0) is 9.40. The van der Waals surface area contributed by atoms with Crippen molar-refractivity contribution in [3.05, 3.63) is 0 Å². The van der Waals surface area contributed by atoms with Crippen LogP contribution in [0.3, 0.4) is 0 Å². The highest BCUT2D eigenvalue weighted by molar-refractivity contribution is 7.80. The number of hydrogen-bond donors (Lipinski definition) is 1. The van der Waals surface area contributed by atoms with E-state index in [0.717, 1.165) is 5.92 Å². The fourth-order valence-electron chi connectivity index (χ4n) is 1.31. The van der Waals surface area contributed by atoms with Gasteiger partial charge in [-0.05, 0) is 18.8 Å². The van der Waals surface area contributed by atoms with Crippen molar-refractivity contribution in [3.8, 4) is 0 Å². The molecule has 0 aliphatic rings. The Balaban J connectivity index is 3.00. The third-order valence-electron chi connectivity index (χ3n) is 2.29. The predicted molar refractivity (Wildman–Crippen MR) is 61.0 cm³/mol. The Morgan fingerprint density at radius 1 is 1.00 bits per heavy atom. The molecule has 0 amide bonds. The van der Waals surface area contributed by atoms with Gasteiger partial charge in [0.2, 0.25) is 0 Å². The van der Waals surface area contributed by atoms with Crippen LogP contribution in [0.15, 0.2) is 0 Å². The first-order valence-electron chi connectivity index (χ1n) is 5.34. The van der Waals surface area contributed by atoms with Crippen molar-refractivity contribution in [2.45, 2.75) is 64.5 Å². The van der Waals surface area contributed by atoms with Crippen LogP contribution in [-0.4, -0.2) is 5.25 Å². The standard InChI is InChI=1S/C11H24S/c1-4-11(12)9-7-5-6-8-10(2)3/h10-12H,4-9H2,1-3H3. The smallest absolute Gasteiger partial charge is 0.00141 e. The molecule has 0 spiro atoms. The maximum Gasteiger partial charge on any atom is 0.00141 e. The van der Waals surface area contributed by atoms with Crippen molar-refractivity contribution < 1.29 is 0 Å². The van der Waals surface area contributed by atoms with Gasteiger partial charge in [0, 0.05) is 5.25 Å². The summed E-state index contributed by atoms with van der Waals surface area (Å²) < 4.78 is 0.